The molecule has 1 aromatic heterocycles. The monoisotopic (exact) mass is 295 g/mol. The maximum absolute atomic E-state index is 11.9. The normalized spacial score (nSPS) is 20.4. The summed E-state index contributed by atoms with van der Waals surface area (Å²) >= 11 is 0. The van der Waals surface area contributed by atoms with E-state index in [9.17, 15) is 13.2 Å². The Hall–Kier alpha value is -1.47. The van der Waals surface area contributed by atoms with Crippen LogP contribution < -0.4 is 5.32 Å². The molecular weight excluding hydrogens is 278 g/mol. The number of hydrogen-bond acceptors (Lipinski definition) is 4. The molecule has 3 rings (SSSR count). The number of sulfonamides is 1. The molecule has 0 aromatic carbocycles. The van der Waals surface area contributed by atoms with Crippen LogP contribution in [0.1, 0.15) is 18.4 Å². The molecule has 1 aromatic rings. The third kappa shape index (κ3) is 2.69. The van der Waals surface area contributed by atoms with Gasteiger partial charge in [-0.25, -0.2) is 8.42 Å². The van der Waals surface area contributed by atoms with Crippen LogP contribution in [0.25, 0.3) is 0 Å². The van der Waals surface area contributed by atoms with E-state index in [0.717, 1.165) is 18.4 Å². The largest absolute Gasteiger partial charge is 0.352 e. The second kappa shape index (κ2) is 5.14. The maximum Gasteiger partial charge on any atom is 0.226 e. The lowest BCUT2D eigenvalue weighted by Gasteiger charge is -2.37. The second-order valence-corrected chi connectivity index (χ2v) is 7.54. The van der Waals surface area contributed by atoms with Gasteiger partial charge in [0.15, 0.2) is 0 Å². The molecule has 2 aliphatic rings. The van der Waals surface area contributed by atoms with Crippen molar-refractivity contribution in [1.29, 1.82) is 0 Å². The van der Waals surface area contributed by atoms with Crippen LogP contribution in [0.4, 0.5) is 0 Å². The van der Waals surface area contributed by atoms with E-state index in [1.807, 2.05) is 12.1 Å². The number of nitrogens with zero attached hydrogens (tertiary/aromatic N) is 2. The molecule has 0 radical (unpaired) electrons. The lowest BCUT2D eigenvalue weighted by molar-refractivity contribution is -0.128. The molecule has 0 spiro atoms. The highest BCUT2D eigenvalue weighted by Gasteiger charge is 2.46. The van der Waals surface area contributed by atoms with Gasteiger partial charge in [-0.3, -0.25) is 9.78 Å². The van der Waals surface area contributed by atoms with E-state index in [4.69, 9.17) is 0 Å². The average Bonchev–Trinajstić information content (AvgIpc) is 3.20. The van der Waals surface area contributed by atoms with Gasteiger partial charge in [0.25, 0.3) is 0 Å². The summed E-state index contributed by atoms with van der Waals surface area (Å²) in [4.78, 5) is 15.8. The van der Waals surface area contributed by atoms with Crippen molar-refractivity contribution in [2.24, 2.45) is 5.92 Å². The zero-order valence-corrected chi connectivity index (χ0v) is 11.8. The molecule has 0 bridgehead atoms. The first-order valence-electron chi connectivity index (χ1n) is 6.73. The van der Waals surface area contributed by atoms with E-state index in [1.165, 1.54) is 4.31 Å². The van der Waals surface area contributed by atoms with Crippen LogP contribution in [0.5, 0.6) is 0 Å². The fourth-order valence-electron chi connectivity index (χ4n) is 2.22. The number of carbonyl (C=O) groups is 1. The quantitative estimate of drug-likeness (QED) is 0.837. The van der Waals surface area contributed by atoms with Gasteiger partial charge in [-0.1, -0.05) is 0 Å². The Morgan fingerprint density at radius 3 is 2.55 bits per heavy atom. The number of nitrogens with one attached hydrogen (secondary N) is 1. The lowest BCUT2D eigenvalue weighted by Crippen LogP contribution is -2.56. The third-order valence-corrected chi connectivity index (χ3v) is 6.07. The van der Waals surface area contributed by atoms with E-state index in [2.05, 4.69) is 10.3 Å². The summed E-state index contributed by atoms with van der Waals surface area (Å²) in [6.07, 6.45) is 4.87. The third-order valence-electron chi connectivity index (χ3n) is 3.74. The Balaban J connectivity index is 1.46. The summed E-state index contributed by atoms with van der Waals surface area (Å²) in [6, 6.07) is 3.68. The Morgan fingerprint density at radius 2 is 1.95 bits per heavy atom. The van der Waals surface area contributed by atoms with E-state index in [0.29, 0.717) is 19.6 Å². The first kappa shape index (κ1) is 13.5. The van der Waals surface area contributed by atoms with Gasteiger partial charge in [0.2, 0.25) is 15.9 Å². The van der Waals surface area contributed by atoms with E-state index in [-0.39, 0.29) is 17.1 Å². The summed E-state index contributed by atoms with van der Waals surface area (Å²) in [5, 5.41) is 2.64. The Kier molecular flexibility index (Phi) is 3.47. The molecule has 0 unspecified atom stereocenters. The van der Waals surface area contributed by atoms with Crippen molar-refractivity contribution in [1.82, 2.24) is 14.6 Å². The predicted octanol–water partition coefficient (Wildman–Crippen LogP) is 0.122. The minimum Gasteiger partial charge on any atom is -0.352 e. The molecule has 6 nitrogen and oxygen atoms in total. The predicted molar refractivity (Wildman–Crippen MR) is 73.1 cm³/mol. The van der Waals surface area contributed by atoms with Crippen LogP contribution in [-0.4, -0.2) is 42.0 Å². The number of aromatic nitrogens is 1. The fourth-order valence-corrected chi connectivity index (χ4v) is 4.15. The van der Waals surface area contributed by atoms with Crippen molar-refractivity contribution in [3.63, 3.8) is 0 Å². The van der Waals surface area contributed by atoms with E-state index >= 15 is 0 Å². The zero-order chi connectivity index (χ0) is 14.2. The highest BCUT2D eigenvalue weighted by atomic mass is 32.2. The molecule has 1 N–H and O–H groups in total. The van der Waals surface area contributed by atoms with Crippen molar-refractivity contribution in [3.05, 3.63) is 30.1 Å². The Bertz CT molecular complexity index is 593. The number of pyridine rings is 1. The summed E-state index contributed by atoms with van der Waals surface area (Å²) in [7, 11) is -3.12. The van der Waals surface area contributed by atoms with Gasteiger partial charge < -0.3 is 5.32 Å². The maximum atomic E-state index is 11.9. The van der Waals surface area contributed by atoms with Crippen LogP contribution in [0.2, 0.25) is 0 Å². The number of amides is 1. The number of hydrogen-bond donors (Lipinski definition) is 1. The molecule has 0 atom stereocenters. The van der Waals surface area contributed by atoms with Gasteiger partial charge >= 0.3 is 0 Å². The summed E-state index contributed by atoms with van der Waals surface area (Å²) in [5.41, 5.74) is 0.982. The molecule has 1 saturated heterocycles. The molecule has 1 aliphatic carbocycles. The van der Waals surface area contributed by atoms with Crippen LogP contribution in [0, 0.1) is 5.92 Å². The summed E-state index contributed by atoms with van der Waals surface area (Å²) in [6.45, 7) is 1.09. The van der Waals surface area contributed by atoms with Crippen molar-refractivity contribution in [3.8, 4) is 0 Å². The van der Waals surface area contributed by atoms with Gasteiger partial charge in [-0.05, 0) is 30.5 Å². The second-order valence-electron chi connectivity index (χ2n) is 5.33. The summed E-state index contributed by atoms with van der Waals surface area (Å²) in [5.74, 6) is -0.297. The molecule has 1 saturated carbocycles. The molecule has 7 heteroatoms. The van der Waals surface area contributed by atoms with Crippen LogP contribution in [0.15, 0.2) is 24.5 Å². The molecule has 2 fully saturated rings. The molecule has 1 aliphatic heterocycles. The van der Waals surface area contributed by atoms with Crippen LogP contribution in [0.3, 0.4) is 0 Å². The standard InChI is InChI=1S/C13H17N3O3S/c17-13(15-7-10-3-5-14-6-4-10)11-8-16(9-11)20(18,19)12-1-2-12/h3-6,11-12H,1-2,7-9H2,(H,15,17). The minimum atomic E-state index is -3.12. The molecule has 108 valence electrons. The van der Waals surface area contributed by atoms with Gasteiger partial charge in [0.05, 0.1) is 11.2 Å². The zero-order valence-electron chi connectivity index (χ0n) is 11.0. The van der Waals surface area contributed by atoms with Gasteiger partial charge in [0.1, 0.15) is 0 Å². The minimum absolute atomic E-state index is 0.0796. The molecular formula is C13H17N3O3S. The Morgan fingerprint density at radius 1 is 1.30 bits per heavy atom. The van der Waals surface area contributed by atoms with Crippen molar-refractivity contribution < 1.29 is 13.2 Å². The highest BCUT2D eigenvalue weighted by molar-refractivity contribution is 7.90. The first-order chi connectivity index (χ1) is 9.57. The van der Waals surface area contributed by atoms with Crippen LogP contribution >= 0.6 is 0 Å². The van der Waals surface area contributed by atoms with Crippen molar-refractivity contribution in [2.75, 3.05) is 13.1 Å². The highest BCUT2D eigenvalue weighted by Crippen LogP contribution is 2.34. The first-order valence-corrected chi connectivity index (χ1v) is 8.23. The smallest absolute Gasteiger partial charge is 0.226 e. The van der Waals surface area contributed by atoms with Crippen molar-refractivity contribution >= 4 is 15.9 Å². The molecule has 2 heterocycles. The SMILES string of the molecule is O=C(NCc1ccncc1)C1CN(S(=O)(=O)C2CC2)C1. The number of carbonyl (C=O) groups excluding carboxylic acids is 1. The number of rotatable bonds is 5. The van der Waals surface area contributed by atoms with Crippen molar-refractivity contribution in [2.45, 2.75) is 24.6 Å². The van der Waals surface area contributed by atoms with E-state index < -0.39 is 10.0 Å². The molecule has 20 heavy (non-hydrogen) atoms. The molecule has 1 amide bonds. The van der Waals surface area contributed by atoms with Crippen LogP contribution in [-0.2, 0) is 21.4 Å². The summed E-state index contributed by atoms with van der Waals surface area (Å²) < 4.78 is 25.3. The fraction of sp³-hybridized carbons (Fsp3) is 0.538. The Labute approximate surface area is 118 Å². The van der Waals surface area contributed by atoms with E-state index in [1.54, 1.807) is 12.4 Å². The van der Waals surface area contributed by atoms with Gasteiger partial charge in [-0.15, -0.1) is 0 Å². The lowest BCUT2D eigenvalue weighted by atomic mass is 10.0. The van der Waals surface area contributed by atoms with Gasteiger partial charge in [0, 0.05) is 32.0 Å². The average molecular weight is 295 g/mol. The topological polar surface area (TPSA) is 79.4 Å². The van der Waals surface area contributed by atoms with Gasteiger partial charge in [-0.2, -0.15) is 4.31 Å².